The average molecular weight is 325 g/mol. The molecule has 2 aromatic rings. The fourth-order valence-electron chi connectivity index (χ4n) is 2.10. The minimum Gasteiger partial charge on any atom is -0.491 e. The largest absolute Gasteiger partial charge is 0.573 e. The summed E-state index contributed by atoms with van der Waals surface area (Å²) < 4.78 is 45.8. The van der Waals surface area contributed by atoms with E-state index >= 15 is 0 Å². The van der Waals surface area contributed by atoms with Crippen molar-refractivity contribution in [3.8, 4) is 11.5 Å². The first-order valence-corrected chi connectivity index (χ1v) is 7.12. The SMILES string of the molecule is CC(C)Oc1ccc([C@H](N)c2ccc(OC(F)(F)F)cc2)cc1. The Morgan fingerprint density at radius 2 is 1.26 bits per heavy atom. The lowest BCUT2D eigenvalue weighted by Crippen LogP contribution is -2.17. The maximum atomic E-state index is 12.1. The molecule has 2 rings (SSSR count). The van der Waals surface area contributed by atoms with E-state index in [0.29, 0.717) is 5.56 Å². The highest BCUT2D eigenvalue weighted by Gasteiger charge is 2.31. The van der Waals surface area contributed by atoms with Crippen LogP contribution in [0.25, 0.3) is 0 Å². The minimum absolute atomic E-state index is 0.0794. The second-order valence-electron chi connectivity index (χ2n) is 5.33. The van der Waals surface area contributed by atoms with Gasteiger partial charge in [0.1, 0.15) is 11.5 Å². The van der Waals surface area contributed by atoms with Crippen LogP contribution in [0.3, 0.4) is 0 Å². The Hall–Kier alpha value is -2.21. The fraction of sp³-hybridized carbons (Fsp3) is 0.294. The smallest absolute Gasteiger partial charge is 0.491 e. The van der Waals surface area contributed by atoms with Crippen LogP contribution >= 0.6 is 0 Å². The Morgan fingerprint density at radius 3 is 1.65 bits per heavy atom. The second-order valence-corrected chi connectivity index (χ2v) is 5.33. The molecule has 2 aromatic carbocycles. The van der Waals surface area contributed by atoms with Crippen molar-refractivity contribution in [2.24, 2.45) is 5.73 Å². The first kappa shape index (κ1) is 17.1. The average Bonchev–Trinajstić information content (AvgIpc) is 2.46. The molecule has 2 N–H and O–H groups in total. The van der Waals surface area contributed by atoms with E-state index in [4.69, 9.17) is 10.5 Å². The molecule has 0 radical (unpaired) electrons. The summed E-state index contributed by atoms with van der Waals surface area (Å²) in [6.45, 7) is 3.87. The van der Waals surface area contributed by atoms with Gasteiger partial charge in [-0.1, -0.05) is 24.3 Å². The van der Waals surface area contributed by atoms with Crippen LogP contribution in [0, 0.1) is 0 Å². The van der Waals surface area contributed by atoms with Crippen LogP contribution in [0.2, 0.25) is 0 Å². The lowest BCUT2D eigenvalue weighted by molar-refractivity contribution is -0.274. The Balaban J connectivity index is 2.09. The van der Waals surface area contributed by atoms with Gasteiger partial charge >= 0.3 is 6.36 Å². The first-order chi connectivity index (χ1) is 10.7. The van der Waals surface area contributed by atoms with Crippen molar-refractivity contribution >= 4 is 0 Å². The standard InChI is InChI=1S/C17H18F3NO2/c1-11(2)22-14-7-3-12(4-8-14)16(21)13-5-9-15(10-6-13)23-17(18,19)20/h3-11,16H,21H2,1-2H3/t16-/m0/s1. The Labute approximate surface area is 132 Å². The van der Waals surface area contributed by atoms with E-state index < -0.39 is 12.4 Å². The number of halogens is 3. The van der Waals surface area contributed by atoms with E-state index in [-0.39, 0.29) is 11.9 Å². The van der Waals surface area contributed by atoms with Crippen molar-refractivity contribution in [1.29, 1.82) is 0 Å². The van der Waals surface area contributed by atoms with Gasteiger partial charge in [-0.15, -0.1) is 13.2 Å². The third-order valence-electron chi connectivity index (χ3n) is 3.08. The summed E-state index contributed by atoms with van der Waals surface area (Å²) in [6.07, 6.45) is -4.62. The minimum atomic E-state index is -4.70. The molecule has 1 atom stereocenters. The van der Waals surface area contributed by atoms with E-state index in [1.807, 2.05) is 38.1 Å². The molecule has 0 heterocycles. The predicted molar refractivity (Wildman–Crippen MR) is 81.4 cm³/mol. The zero-order valence-electron chi connectivity index (χ0n) is 12.8. The lowest BCUT2D eigenvalue weighted by atomic mass is 9.99. The molecule has 6 heteroatoms. The summed E-state index contributed by atoms with van der Waals surface area (Å²) in [6, 6.07) is 12.4. The Kier molecular flexibility index (Phi) is 5.15. The Morgan fingerprint density at radius 1 is 0.826 bits per heavy atom. The van der Waals surface area contributed by atoms with Gasteiger partial charge in [-0.25, -0.2) is 0 Å². The van der Waals surface area contributed by atoms with Crippen molar-refractivity contribution in [1.82, 2.24) is 0 Å². The van der Waals surface area contributed by atoms with Gasteiger partial charge in [0.05, 0.1) is 12.1 Å². The lowest BCUT2D eigenvalue weighted by Gasteiger charge is -2.15. The molecule has 0 aliphatic rings. The molecule has 124 valence electrons. The number of hydrogen-bond donors (Lipinski definition) is 1. The van der Waals surface area contributed by atoms with E-state index in [0.717, 1.165) is 11.3 Å². The van der Waals surface area contributed by atoms with Crippen LogP contribution in [-0.2, 0) is 0 Å². The van der Waals surface area contributed by atoms with Crippen molar-refractivity contribution in [3.05, 3.63) is 59.7 Å². The quantitative estimate of drug-likeness (QED) is 0.885. The molecule has 0 saturated heterocycles. The molecule has 0 bridgehead atoms. The summed E-state index contributed by atoms with van der Waals surface area (Å²) in [5.74, 6) is 0.471. The second kappa shape index (κ2) is 6.91. The monoisotopic (exact) mass is 325 g/mol. The van der Waals surface area contributed by atoms with Crippen LogP contribution in [-0.4, -0.2) is 12.5 Å². The summed E-state index contributed by atoms with van der Waals surface area (Å²) in [5, 5.41) is 0. The van der Waals surface area contributed by atoms with Gasteiger partial charge in [-0.3, -0.25) is 0 Å². The van der Waals surface area contributed by atoms with Crippen LogP contribution in [0.15, 0.2) is 48.5 Å². The highest BCUT2D eigenvalue weighted by atomic mass is 19.4. The molecule has 0 saturated carbocycles. The maximum Gasteiger partial charge on any atom is 0.573 e. The van der Waals surface area contributed by atoms with Gasteiger partial charge in [0.25, 0.3) is 0 Å². The number of nitrogens with two attached hydrogens (primary N) is 1. The molecular formula is C17H18F3NO2. The molecule has 0 aromatic heterocycles. The molecular weight excluding hydrogens is 307 g/mol. The highest BCUT2D eigenvalue weighted by Crippen LogP contribution is 2.27. The third kappa shape index (κ3) is 5.17. The van der Waals surface area contributed by atoms with Crippen molar-refractivity contribution < 1.29 is 22.6 Å². The van der Waals surface area contributed by atoms with Crippen LogP contribution < -0.4 is 15.2 Å². The van der Waals surface area contributed by atoms with Crippen molar-refractivity contribution in [3.63, 3.8) is 0 Å². The van der Waals surface area contributed by atoms with Crippen LogP contribution in [0.1, 0.15) is 31.0 Å². The summed E-state index contributed by atoms with van der Waals surface area (Å²) in [5.41, 5.74) is 7.67. The topological polar surface area (TPSA) is 44.5 Å². The van der Waals surface area contributed by atoms with Gasteiger partial charge in [-0.05, 0) is 49.2 Å². The number of rotatable bonds is 5. The van der Waals surface area contributed by atoms with E-state index in [2.05, 4.69) is 4.74 Å². The van der Waals surface area contributed by atoms with Crippen molar-refractivity contribution in [2.45, 2.75) is 32.4 Å². The van der Waals surface area contributed by atoms with Gasteiger partial charge < -0.3 is 15.2 Å². The van der Waals surface area contributed by atoms with E-state index in [1.165, 1.54) is 24.3 Å². The number of hydrogen-bond acceptors (Lipinski definition) is 3. The third-order valence-corrected chi connectivity index (χ3v) is 3.08. The number of alkyl halides is 3. The van der Waals surface area contributed by atoms with Crippen molar-refractivity contribution in [2.75, 3.05) is 0 Å². The summed E-state index contributed by atoms with van der Waals surface area (Å²) in [7, 11) is 0. The zero-order chi connectivity index (χ0) is 17.0. The maximum absolute atomic E-state index is 12.1. The number of benzene rings is 2. The molecule has 0 spiro atoms. The number of ether oxygens (including phenoxy) is 2. The van der Waals surface area contributed by atoms with Gasteiger partial charge in [0, 0.05) is 0 Å². The summed E-state index contributed by atoms with van der Waals surface area (Å²) >= 11 is 0. The Bertz CT molecular complexity index is 622. The molecule has 0 aliphatic heterocycles. The predicted octanol–water partition coefficient (Wildman–Crippen LogP) is 4.42. The van der Waals surface area contributed by atoms with Crippen LogP contribution in [0.4, 0.5) is 13.2 Å². The normalized spacial score (nSPS) is 13.0. The molecule has 3 nitrogen and oxygen atoms in total. The zero-order valence-corrected chi connectivity index (χ0v) is 12.8. The van der Waals surface area contributed by atoms with Gasteiger partial charge in [0.15, 0.2) is 0 Å². The fourth-order valence-corrected chi connectivity index (χ4v) is 2.10. The summed E-state index contributed by atoms with van der Waals surface area (Å²) in [4.78, 5) is 0. The van der Waals surface area contributed by atoms with Gasteiger partial charge in [0.2, 0.25) is 0 Å². The van der Waals surface area contributed by atoms with E-state index in [1.54, 1.807) is 0 Å². The van der Waals surface area contributed by atoms with Crippen LogP contribution in [0.5, 0.6) is 11.5 Å². The molecule has 0 amide bonds. The highest BCUT2D eigenvalue weighted by molar-refractivity contribution is 5.37. The first-order valence-electron chi connectivity index (χ1n) is 7.12. The molecule has 0 fully saturated rings. The molecule has 23 heavy (non-hydrogen) atoms. The van der Waals surface area contributed by atoms with E-state index in [9.17, 15) is 13.2 Å². The molecule has 0 aliphatic carbocycles. The van der Waals surface area contributed by atoms with Gasteiger partial charge in [-0.2, -0.15) is 0 Å². The molecule has 0 unspecified atom stereocenters.